The fourth-order valence-electron chi connectivity index (χ4n) is 1.57. The standard InChI is InChI=1S/C12H17FN2O4S/c1-8(2-5-12(16)17)7-15-11-4-3-9(6-10(11)13)20(14,18)19/h3-4,6,8,15H,2,5,7H2,1H3,(H,16,17)(H2,14,18,19). The molecule has 0 aliphatic heterocycles. The molecule has 1 aromatic rings. The van der Waals surface area contributed by atoms with Crippen LogP contribution in [-0.4, -0.2) is 26.0 Å². The molecule has 1 aromatic carbocycles. The Hall–Kier alpha value is -1.67. The number of carboxylic acids is 1. The zero-order chi connectivity index (χ0) is 15.3. The number of anilines is 1. The van der Waals surface area contributed by atoms with Gasteiger partial charge in [-0.2, -0.15) is 0 Å². The van der Waals surface area contributed by atoms with E-state index in [1.54, 1.807) is 0 Å². The van der Waals surface area contributed by atoms with E-state index < -0.39 is 21.8 Å². The van der Waals surface area contributed by atoms with Gasteiger partial charge in [-0.25, -0.2) is 17.9 Å². The highest BCUT2D eigenvalue weighted by Gasteiger charge is 2.12. The molecule has 6 nitrogen and oxygen atoms in total. The van der Waals surface area contributed by atoms with E-state index >= 15 is 0 Å². The van der Waals surface area contributed by atoms with E-state index in [9.17, 15) is 17.6 Å². The fourth-order valence-corrected chi connectivity index (χ4v) is 2.10. The quantitative estimate of drug-likeness (QED) is 0.705. The number of benzene rings is 1. The number of aliphatic carboxylic acids is 1. The Morgan fingerprint density at radius 3 is 2.65 bits per heavy atom. The van der Waals surface area contributed by atoms with Crippen molar-refractivity contribution in [1.82, 2.24) is 0 Å². The van der Waals surface area contributed by atoms with E-state index in [0.717, 1.165) is 6.07 Å². The molecule has 0 spiro atoms. The highest BCUT2D eigenvalue weighted by atomic mass is 32.2. The molecule has 0 saturated heterocycles. The number of hydrogen-bond donors (Lipinski definition) is 3. The van der Waals surface area contributed by atoms with Crippen molar-refractivity contribution in [1.29, 1.82) is 0 Å². The molecular weight excluding hydrogens is 287 g/mol. The number of rotatable bonds is 7. The van der Waals surface area contributed by atoms with Crippen LogP contribution in [0.5, 0.6) is 0 Å². The number of primary sulfonamides is 1. The molecular formula is C12H17FN2O4S. The van der Waals surface area contributed by atoms with Crippen LogP contribution in [0.15, 0.2) is 23.1 Å². The van der Waals surface area contributed by atoms with Crippen LogP contribution in [0.4, 0.5) is 10.1 Å². The van der Waals surface area contributed by atoms with Gasteiger partial charge in [0.25, 0.3) is 0 Å². The van der Waals surface area contributed by atoms with Crippen LogP contribution < -0.4 is 10.5 Å². The molecule has 0 heterocycles. The van der Waals surface area contributed by atoms with Gasteiger partial charge >= 0.3 is 5.97 Å². The van der Waals surface area contributed by atoms with Crippen LogP contribution in [0.2, 0.25) is 0 Å². The maximum absolute atomic E-state index is 13.7. The number of nitrogens with two attached hydrogens (primary N) is 1. The Morgan fingerprint density at radius 1 is 1.50 bits per heavy atom. The Bertz CT molecular complexity index is 589. The first-order valence-corrected chi connectivity index (χ1v) is 7.53. The molecule has 0 aliphatic rings. The third-order valence-corrected chi connectivity index (χ3v) is 3.67. The van der Waals surface area contributed by atoms with E-state index in [0.29, 0.717) is 13.0 Å². The second-order valence-electron chi connectivity index (χ2n) is 4.61. The van der Waals surface area contributed by atoms with Crippen molar-refractivity contribution in [2.75, 3.05) is 11.9 Å². The lowest BCUT2D eigenvalue weighted by Crippen LogP contribution is -2.15. The van der Waals surface area contributed by atoms with Gasteiger partial charge in [0.2, 0.25) is 10.0 Å². The van der Waals surface area contributed by atoms with Crippen LogP contribution in [-0.2, 0) is 14.8 Å². The topological polar surface area (TPSA) is 109 Å². The summed E-state index contributed by atoms with van der Waals surface area (Å²) in [6, 6.07) is 3.35. The maximum atomic E-state index is 13.7. The van der Waals surface area contributed by atoms with Crippen molar-refractivity contribution >= 4 is 21.7 Å². The predicted molar refractivity (Wildman–Crippen MR) is 72.3 cm³/mol. The summed E-state index contributed by atoms with van der Waals surface area (Å²) in [6.45, 7) is 2.23. The van der Waals surface area contributed by atoms with Crippen LogP contribution in [0, 0.1) is 11.7 Å². The molecule has 0 amide bonds. The van der Waals surface area contributed by atoms with Gasteiger partial charge in [-0.3, -0.25) is 4.79 Å². The van der Waals surface area contributed by atoms with Crippen molar-refractivity contribution in [2.24, 2.45) is 11.1 Å². The van der Waals surface area contributed by atoms with Gasteiger partial charge < -0.3 is 10.4 Å². The van der Waals surface area contributed by atoms with Crippen molar-refractivity contribution < 1.29 is 22.7 Å². The molecule has 0 radical (unpaired) electrons. The summed E-state index contributed by atoms with van der Waals surface area (Å²) in [4.78, 5) is 10.1. The first kappa shape index (κ1) is 16.4. The fraction of sp³-hybridized carbons (Fsp3) is 0.417. The van der Waals surface area contributed by atoms with Gasteiger partial charge in [0.15, 0.2) is 0 Å². The third kappa shape index (κ3) is 5.14. The first-order valence-electron chi connectivity index (χ1n) is 5.98. The highest BCUT2D eigenvalue weighted by molar-refractivity contribution is 7.89. The summed E-state index contributed by atoms with van der Waals surface area (Å²) in [7, 11) is -3.92. The molecule has 0 aliphatic carbocycles. The second kappa shape index (κ2) is 6.67. The minimum atomic E-state index is -3.92. The SMILES string of the molecule is CC(CCC(=O)O)CNc1ccc(S(N)(=O)=O)cc1F. The van der Waals surface area contributed by atoms with Crippen LogP contribution in [0.3, 0.4) is 0 Å². The summed E-state index contributed by atoms with van der Waals surface area (Å²) in [5.74, 6) is -1.55. The monoisotopic (exact) mass is 304 g/mol. The lowest BCUT2D eigenvalue weighted by Gasteiger charge is -2.13. The molecule has 20 heavy (non-hydrogen) atoms. The largest absolute Gasteiger partial charge is 0.481 e. The molecule has 1 rings (SSSR count). The zero-order valence-corrected chi connectivity index (χ0v) is 11.8. The average Bonchev–Trinajstić information content (AvgIpc) is 2.33. The number of nitrogens with one attached hydrogen (secondary N) is 1. The average molecular weight is 304 g/mol. The molecule has 0 saturated carbocycles. The molecule has 112 valence electrons. The van der Waals surface area contributed by atoms with E-state index in [1.807, 2.05) is 6.92 Å². The number of carbonyl (C=O) groups is 1. The number of sulfonamides is 1. The Kier molecular flexibility index (Phi) is 5.46. The minimum absolute atomic E-state index is 0.0448. The van der Waals surface area contributed by atoms with Gasteiger partial charge in [0.1, 0.15) is 5.82 Å². The molecule has 4 N–H and O–H groups in total. The van der Waals surface area contributed by atoms with E-state index in [-0.39, 0.29) is 22.9 Å². The van der Waals surface area contributed by atoms with E-state index in [2.05, 4.69) is 5.32 Å². The Morgan fingerprint density at radius 2 is 2.15 bits per heavy atom. The molecule has 1 unspecified atom stereocenters. The second-order valence-corrected chi connectivity index (χ2v) is 6.17. The van der Waals surface area contributed by atoms with Gasteiger partial charge in [0, 0.05) is 13.0 Å². The molecule has 8 heteroatoms. The van der Waals surface area contributed by atoms with Crippen molar-refractivity contribution in [3.05, 3.63) is 24.0 Å². The van der Waals surface area contributed by atoms with Crippen LogP contribution >= 0.6 is 0 Å². The van der Waals surface area contributed by atoms with E-state index in [1.165, 1.54) is 12.1 Å². The van der Waals surface area contributed by atoms with E-state index in [4.69, 9.17) is 10.2 Å². The summed E-state index contributed by atoms with van der Waals surface area (Å²) >= 11 is 0. The van der Waals surface area contributed by atoms with Crippen molar-refractivity contribution in [2.45, 2.75) is 24.7 Å². The zero-order valence-electron chi connectivity index (χ0n) is 11.0. The summed E-state index contributed by atoms with van der Waals surface area (Å²) < 4.78 is 35.8. The Balaban J connectivity index is 2.63. The first-order chi connectivity index (χ1) is 9.20. The summed E-state index contributed by atoms with van der Waals surface area (Å²) in [5, 5.41) is 16.3. The normalized spacial score (nSPS) is 12.9. The van der Waals surface area contributed by atoms with Gasteiger partial charge in [-0.15, -0.1) is 0 Å². The number of halogens is 1. The molecule has 0 fully saturated rings. The summed E-state index contributed by atoms with van der Waals surface area (Å²) in [5.41, 5.74) is 0.152. The van der Waals surface area contributed by atoms with Crippen molar-refractivity contribution in [3.63, 3.8) is 0 Å². The smallest absolute Gasteiger partial charge is 0.303 e. The highest BCUT2D eigenvalue weighted by Crippen LogP contribution is 2.19. The Labute approximate surface area is 116 Å². The lowest BCUT2D eigenvalue weighted by atomic mass is 10.1. The molecule has 0 bridgehead atoms. The van der Waals surface area contributed by atoms with Gasteiger partial charge in [-0.05, 0) is 30.5 Å². The van der Waals surface area contributed by atoms with Crippen LogP contribution in [0.1, 0.15) is 19.8 Å². The summed E-state index contributed by atoms with van der Waals surface area (Å²) in [6.07, 6.45) is 0.523. The van der Waals surface area contributed by atoms with Gasteiger partial charge in [-0.1, -0.05) is 6.92 Å². The van der Waals surface area contributed by atoms with Crippen LogP contribution in [0.25, 0.3) is 0 Å². The van der Waals surface area contributed by atoms with Crippen molar-refractivity contribution in [3.8, 4) is 0 Å². The molecule has 0 aromatic heterocycles. The maximum Gasteiger partial charge on any atom is 0.303 e. The number of carboxylic acid groups (broad SMARTS) is 1. The predicted octanol–water partition coefficient (Wildman–Crippen LogP) is 1.39. The van der Waals surface area contributed by atoms with Gasteiger partial charge in [0.05, 0.1) is 10.6 Å². The minimum Gasteiger partial charge on any atom is -0.481 e. The lowest BCUT2D eigenvalue weighted by molar-refractivity contribution is -0.137. The number of hydrogen-bond acceptors (Lipinski definition) is 4. The molecule has 1 atom stereocenters. The third-order valence-electron chi connectivity index (χ3n) is 2.76.